The highest BCUT2D eigenvalue weighted by molar-refractivity contribution is 7.99. The van der Waals surface area contributed by atoms with Gasteiger partial charge in [0.1, 0.15) is 0 Å². The SMILES string of the molecule is CNc1nc(C)cn1CC1CCCCS1. The van der Waals surface area contributed by atoms with Gasteiger partial charge in [-0.15, -0.1) is 0 Å². The summed E-state index contributed by atoms with van der Waals surface area (Å²) in [6, 6.07) is 0. The molecule has 1 aliphatic heterocycles. The predicted molar refractivity (Wildman–Crippen MR) is 66.6 cm³/mol. The minimum Gasteiger partial charge on any atom is -0.359 e. The third-order valence-corrected chi connectivity index (χ3v) is 4.18. The van der Waals surface area contributed by atoms with Gasteiger partial charge in [0.15, 0.2) is 0 Å². The van der Waals surface area contributed by atoms with Crippen molar-refractivity contribution >= 4 is 17.7 Å². The predicted octanol–water partition coefficient (Wildman–Crippen LogP) is 2.52. The molecule has 1 unspecified atom stereocenters. The zero-order valence-electron chi connectivity index (χ0n) is 9.49. The van der Waals surface area contributed by atoms with Crippen molar-refractivity contribution in [2.24, 2.45) is 0 Å². The second-order valence-corrected chi connectivity index (χ2v) is 5.51. The first-order valence-corrected chi connectivity index (χ1v) is 6.67. The molecule has 2 rings (SSSR count). The average molecular weight is 225 g/mol. The lowest BCUT2D eigenvalue weighted by atomic mass is 10.2. The van der Waals surface area contributed by atoms with Crippen molar-refractivity contribution in [2.45, 2.75) is 38.0 Å². The van der Waals surface area contributed by atoms with Gasteiger partial charge in [0.05, 0.1) is 5.69 Å². The van der Waals surface area contributed by atoms with Gasteiger partial charge in [-0.2, -0.15) is 11.8 Å². The van der Waals surface area contributed by atoms with Crippen molar-refractivity contribution < 1.29 is 0 Å². The largest absolute Gasteiger partial charge is 0.359 e. The number of nitrogens with zero attached hydrogens (tertiary/aromatic N) is 2. The number of anilines is 1. The number of thioether (sulfide) groups is 1. The lowest BCUT2D eigenvalue weighted by Gasteiger charge is -2.22. The highest BCUT2D eigenvalue weighted by atomic mass is 32.2. The maximum absolute atomic E-state index is 4.44. The Kier molecular flexibility index (Phi) is 3.57. The van der Waals surface area contributed by atoms with Crippen molar-refractivity contribution in [3.8, 4) is 0 Å². The Hall–Kier alpha value is -0.640. The molecule has 2 heterocycles. The van der Waals surface area contributed by atoms with E-state index in [0.29, 0.717) is 0 Å². The Morgan fingerprint density at radius 2 is 2.47 bits per heavy atom. The van der Waals surface area contributed by atoms with Crippen molar-refractivity contribution in [3.05, 3.63) is 11.9 Å². The molecular formula is C11H19N3S. The van der Waals surface area contributed by atoms with Crippen LogP contribution in [0.4, 0.5) is 5.95 Å². The molecule has 4 heteroatoms. The van der Waals surface area contributed by atoms with Crippen LogP contribution in [0.15, 0.2) is 6.20 Å². The Labute approximate surface area is 95.7 Å². The van der Waals surface area contributed by atoms with Crippen LogP contribution in [0, 0.1) is 6.92 Å². The van der Waals surface area contributed by atoms with E-state index in [-0.39, 0.29) is 0 Å². The average Bonchev–Trinajstić information content (AvgIpc) is 2.60. The van der Waals surface area contributed by atoms with Gasteiger partial charge in [-0.1, -0.05) is 6.42 Å². The highest BCUT2D eigenvalue weighted by Crippen LogP contribution is 2.27. The molecule has 1 aliphatic rings. The molecule has 1 saturated heterocycles. The van der Waals surface area contributed by atoms with Crippen molar-refractivity contribution in [1.82, 2.24) is 9.55 Å². The Morgan fingerprint density at radius 1 is 1.60 bits per heavy atom. The van der Waals surface area contributed by atoms with Crippen molar-refractivity contribution in [3.63, 3.8) is 0 Å². The van der Waals surface area contributed by atoms with Crippen LogP contribution in [0.2, 0.25) is 0 Å². The smallest absolute Gasteiger partial charge is 0.202 e. The summed E-state index contributed by atoms with van der Waals surface area (Å²) in [6.07, 6.45) is 6.27. The standard InChI is InChI=1S/C11H19N3S/c1-9-7-14(11(12-2)13-9)8-10-5-3-4-6-15-10/h7,10H,3-6,8H2,1-2H3,(H,12,13). The topological polar surface area (TPSA) is 29.9 Å². The molecular weight excluding hydrogens is 206 g/mol. The Balaban J connectivity index is 2.02. The first-order valence-electron chi connectivity index (χ1n) is 5.62. The summed E-state index contributed by atoms with van der Waals surface area (Å²) in [5.41, 5.74) is 1.10. The van der Waals surface area contributed by atoms with Crippen molar-refractivity contribution in [2.75, 3.05) is 18.1 Å². The van der Waals surface area contributed by atoms with Crippen molar-refractivity contribution in [1.29, 1.82) is 0 Å². The molecule has 0 aromatic carbocycles. The second-order valence-electron chi connectivity index (χ2n) is 4.10. The molecule has 1 aromatic rings. The fraction of sp³-hybridized carbons (Fsp3) is 0.727. The maximum Gasteiger partial charge on any atom is 0.202 e. The molecule has 1 N–H and O–H groups in total. The van der Waals surface area contributed by atoms with Crippen LogP contribution in [0.5, 0.6) is 0 Å². The van der Waals surface area contributed by atoms with E-state index in [2.05, 4.69) is 32.8 Å². The molecule has 0 aliphatic carbocycles. The van der Waals surface area contributed by atoms with E-state index < -0.39 is 0 Å². The van der Waals surface area contributed by atoms with E-state index in [1.54, 1.807) is 0 Å². The zero-order chi connectivity index (χ0) is 10.7. The fourth-order valence-electron chi connectivity index (χ4n) is 2.06. The van der Waals surface area contributed by atoms with Crippen LogP contribution in [0.25, 0.3) is 0 Å². The van der Waals surface area contributed by atoms with E-state index in [4.69, 9.17) is 0 Å². The van der Waals surface area contributed by atoms with E-state index in [1.807, 2.05) is 14.0 Å². The molecule has 1 atom stereocenters. The zero-order valence-corrected chi connectivity index (χ0v) is 10.3. The van der Waals surface area contributed by atoms with Crippen LogP contribution < -0.4 is 5.32 Å². The molecule has 3 nitrogen and oxygen atoms in total. The summed E-state index contributed by atoms with van der Waals surface area (Å²) in [5.74, 6) is 2.33. The minimum atomic E-state index is 0.777. The van der Waals surface area contributed by atoms with Gasteiger partial charge in [0.25, 0.3) is 0 Å². The van der Waals surface area contributed by atoms with Gasteiger partial charge < -0.3 is 9.88 Å². The number of imidazole rings is 1. The van der Waals surface area contributed by atoms with Gasteiger partial charge in [-0.3, -0.25) is 0 Å². The van der Waals surface area contributed by atoms with E-state index in [1.165, 1.54) is 25.0 Å². The quantitative estimate of drug-likeness (QED) is 0.857. The van der Waals surface area contributed by atoms with E-state index in [0.717, 1.165) is 23.4 Å². The Morgan fingerprint density at radius 3 is 3.13 bits per heavy atom. The number of aryl methyl sites for hydroxylation is 1. The van der Waals surface area contributed by atoms with Crippen LogP contribution in [-0.4, -0.2) is 27.6 Å². The number of nitrogens with one attached hydrogen (secondary N) is 1. The number of hydrogen-bond donors (Lipinski definition) is 1. The first kappa shape index (κ1) is 10.9. The maximum atomic E-state index is 4.44. The molecule has 0 amide bonds. The summed E-state index contributed by atoms with van der Waals surface area (Å²) in [5, 5.41) is 3.93. The van der Waals surface area contributed by atoms with Gasteiger partial charge in [0.2, 0.25) is 5.95 Å². The third kappa shape index (κ3) is 2.68. The third-order valence-electron chi connectivity index (χ3n) is 2.79. The lowest BCUT2D eigenvalue weighted by molar-refractivity contribution is 0.586. The Bertz CT molecular complexity index is 316. The highest BCUT2D eigenvalue weighted by Gasteiger charge is 2.15. The molecule has 0 radical (unpaired) electrons. The summed E-state index contributed by atoms with van der Waals surface area (Å²) < 4.78 is 2.25. The minimum absolute atomic E-state index is 0.777. The molecule has 15 heavy (non-hydrogen) atoms. The van der Waals surface area contributed by atoms with Gasteiger partial charge in [-0.25, -0.2) is 4.98 Å². The van der Waals surface area contributed by atoms with Gasteiger partial charge in [-0.05, 0) is 25.5 Å². The first-order chi connectivity index (χ1) is 7.29. The molecule has 1 fully saturated rings. The molecule has 0 saturated carbocycles. The number of rotatable bonds is 3. The van der Waals surface area contributed by atoms with Crippen LogP contribution >= 0.6 is 11.8 Å². The summed E-state index contributed by atoms with van der Waals surface area (Å²) in [7, 11) is 1.94. The molecule has 0 bridgehead atoms. The van der Waals surface area contributed by atoms with Gasteiger partial charge >= 0.3 is 0 Å². The lowest BCUT2D eigenvalue weighted by Crippen LogP contribution is -2.17. The molecule has 0 spiro atoms. The molecule has 84 valence electrons. The monoisotopic (exact) mass is 225 g/mol. The number of hydrogen-bond acceptors (Lipinski definition) is 3. The van der Waals surface area contributed by atoms with Crippen LogP contribution in [0.3, 0.4) is 0 Å². The molecule has 1 aromatic heterocycles. The van der Waals surface area contributed by atoms with Gasteiger partial charge in [0, 0.05) is 25.0 Å². The van der Waals surface area contributed by atoms with E-state index in [9.17, 15) is 0 Å². The fourth-order valence-corrected chi connectivity index (χ4v) is 3.36. The van der Waals surface area contributed by atoms with Crippen LogP contribution in [0.1, 0.15) is 25.0 Å². The van der Waals surface area contributed by atoms with Crippen LogP contribution in [-0.2, 0) is 6.54 Å². The summed E-state index contributed by atoms with van der Waals surface area (Å²) >= 11 is 2.11. The number of aromatic nitrogens is 2. The normalized spacial score (nSPS) is 21.6. The second kappa shape index (κ2) is 4.92. The van der Waals surface area contributed by atoms with E-state index >= 15 is 0 Å². The summed E-state index contributed by atoms with van der Waals surface area (Å²) in [4.78, 5) is 4.44. The summed E-state index contributed by atoms with van der Waals surface area (Å²) in [6.45, 7) is 3.15.